The lowest BCUT2D eigenvalue weighted by molar-refractivity contribution is -0.0651. The number of carbonyl (C=O) groups is 1. The minimum Gasteiger partial charge on any atom is -0.497 e. The summed E-state index contributed by atoms with van der Waals surface area (Å²) in [5.41, 5.74) is 2.72. The highest BCUT2D eigenvalue weighted by Gasteiger charge is 2.48. The molecule has 0 saturated carbocycles. The van der Waals surface area contributed by atoms with Gasteiger partial charge in [-0.25, -0.2) is 0 Å². The number of rotatable bonds is 5. The highest BCUT2D eigenvalue weighted by Crippen LogP contribution is 2.41. The third-order valence-electron chi connectivity index (χ3n) is 6.53. The molecule has 0 bridgehead atoms. The van der Waals surface area contributed by atoms with E-state index in [1.807, 2.05) is 24.8 Å². The van der Waals surface area contributed by atoms with Crippen LogP contribution in [-0.2, 0) is 6.54 Å². The van der Waals surface area contributed by atoms with Gasteiger partial charge >= 0.3 is 0 Å². The van der Waals surface area contributed by atoms with Crippen molar-refractivity contribution in [2.75, 3.05) is 33.9 Å². The third kappa shape index (κ3) is 3.48. The summed E-state index contributed by atoms with van der Waals surface area (Å²) in [7, 11) is 3.19. The van der Waals surface area contributed by atoms with Gasteiger partial charge in [0.25, 0.3) is 5.91 Å². The van der Waals surface area contributed by atoms with Gasteiger partial charge < -0.3 is 18.9 Å². The summed E-state index contributed by atoms with van der Waals surface area (Å²) >= 11 is 0. The van der Waals surface area contributed by atoms with Crippen LogP contribution in [-0.4, -0.2) is 60.3 Å². The molecule has 2 aliphatic rings. The first-order chi connectivity index (χ1) is 14.0. The molecule has 0 aliphatic carbocycles. The van der Waals surface area contributed by atoms with Crippen LogP contribution in [0.5, 0.6) is 11.5 Å². The standard InChI is InChI=1S/C22H29N3O4/c1-15-19(16(2)29-23-15)13-25-11-9-22(25)8-5-10-24(14-22)21(26)18-12-17(27-3)6-7-20(18)28-4/h6-7,12H,5,8-11,13-14H2,1-4H3/t22-/m1/s1. The Morgan fingerprint density at radius 2 is 2.03 bits per heavy atom. The summed E-state index contributed by atoms with van der Waals surface area (Å²) in [6.07, 6.45) is 3.21. The van der Waals surface area contributed by atoms with Gasteiger partial charge in [-0.3, -0.25) is 9.69 Å². The zero-order chi connectivity index (χ0) is 20.6. The van der Waals surface area contributed by atoms with Crippen LogP contribution in [0.1, 0.15) is 46.6 Å². The second-order valence-electron chi connectivity index (χ2n) is 8.10. The first-order valence-electron chi connectivity index (χ1n) is 10.2. The van der Waals surface area contributed by atoms with Crippen molar-refractivity contribution in [1.82, 2.24) is 15.0 Å². The molecule has 0 N–H and O–H groups in total. The molecular formula is C22H29N3O4. The first kappa shape index (κ1) is 19.8. The van der Waals surface area contributed by atoms with Gasteiger partial charge in [0.15, 0.2) is 0 Å². The van der Waals surface area contributed by atoms with Crippen molar-refractivity contribution in [3.63, 3.8) is 0 Å². The molecule has 2 fully saturated rings. The minimum absolute atomic E-state index is 0.00372. The third-order valence-corrected chi connectivity index (χ3v) is 6.53. The number of methoxy groups -OCH3 is 2. The Balaban J connectivity index is 1.53. The van der Waals surface area contributed by atoms with Gasteiger partial charge in [-0.05, 0) is 51.3 Å². The largest absolute Gasteiger partial charge is 0.497 e. The molecule has 1 spiro atoms. The van der Waals surface area contributed by atoms with E-state index in [-0.39, 0.29) is 11.4 Å². The molecule has 2 aromatic rings. The van der Waals surface area contributed by atoms with E-state index in [2.05, 4.69) is 10.1 Å². The maximum Gasteiger partial charge on any atom is 0.257 e. The fourth-order valence-electron chi connectivity index (χ4n) is 4.65. The van der Waals surface area contributed by atoms with Gasteiger partial charge in [0, 0.05) is 37.3 Å². The predicted molar refractivity (Wildman–Crippen MR) is 108 cm³/mol. The second-order valence-corrected chi connectivity index (χ2v) is 8.10. The molecule has 7 heteroatoms. The molecule has 29 heavy (non-hydrogen) atoms. The Morgan fingerprint density at radius 1 is 1.21 bits per heavy atom. The number of aryl methyl sites for hydroxylation is 2. The molecule has 3 heterocycles. The Hall–Kier alpha value is -2.54. The molecular weight excluding hydrogens is 370 g/mol. The lowest BCUT2D eigenvalue weighted by Gasteiger charge is -2.57. The molecule has 2 aliphatic heterocycles. The smallest absolute Gasteiger partial charge is 0.257 e. The summed E-state index contributed by atoms with van der Waals surface area (Å²) in [5, 5.41) is 4.09. The number of aromatic nitrogens is 1. The number of nitrogens with zero attached hydrogens (tertiary/aromatic N) is 3. The molecule has 1 atom stereocenters. The summed E-state index contributed by atoms with van der Waals surface area (Å²) < 4.78 is 16.1. The highest BCUT2D eigenvalue weighted by molar-refractivity contribution is 5.97. The molecule has 1 aromatic carbocycles. The SMILES string of the molecule is COc1ccc(OC)c(C(=O)N2CCC[C@@]3(CCN3Cc3c(C)noc3C)C2)c1. The van der Waals surface area contributed by atoms with Crippen LogP contribution in [0, 0.1) is 13.8 Å². The van der Waals surface area contributed by atoms with Gasteiger partial charge in [-0.15, -0.1) is 0 Å². The van der Waals surface area contributed by atoms with Crippen molar-refractivity contribution >= 4 is 5.91 Å². The number of ether oxygens (including phenoxy) is 2. The fraction of sp³-hybridized carbons (Fsp3) is 0.545. The van der Waals surface area contributed by atoms with Crippen LogP contribution in [0.15, 0.2) is 22.7 Å². The second kappa shape index (κ2) is 7.71. The van der Waals surface area contributed by atoms with Gasteiger partial charge in [0.2, 0.25) is 0 Å². The van der Waals surface area contributed by atoms with E-state index in [1.165, 1.54) is 5.56 Å². The lowest BCUT2D eigenvalue weighted by Crippen LogP contribution is -2.67. The number of hydrogen-bond acceptors (Lipinski definition) is 6. The zero-order valence-corrected chi connectivity index (χ0v) is 17.7. The molecule has 0 radical (unpaired) electrons. The summed E-state index contributed by atoms with van der Waals surface area (Å²) in [5.74, 6) is 2.12. The van der Waals surface area contributed by atoms with Crippen molar-refractivity contribution in [3.05, 3.63) is 40.8 Å². The average Bonchev–Trinajstić information content (AvgIpc) is 3.07. The van der Waals surface area contributed by atoms with Gasteiger partial charge in [-0.1, -0.05) is 5.16 Å². The van der Waals surface area contributed by atoms with E-state index in [1.54, 1.807) is 26.4 Å². The number of hydrogen-bond donors (Lipinski definition) is 0. The predicted octanol–water partition coefficient (Wildman–Crippen LogP) is 3.19. The summed E-state index contributed by atoms with van der Waals surface area (Å²) in [4.78, 5) is 17.8. The van der Waals surface area contributed by atoms with E-state index >= 15 is 0 Å². The molecule has 1 amide bonds. The van der Waals surface area contributed by atoms with Crippen LogP contribution in [0.4, 0.5) is 0 Å². The fourth-order valence-corrected chi connectivity index (χ4v) is 4.65. The van der Waals surface area contributed by atoms with E-state index < -0.39 is 0 Å². The van der Waals surface area contributed by atoms with Crippen molar-refractivity contribution in [2.45, 2.75) is 45.2 Å². The monoisotopic (exact) mass is 399 g/mol. The van der Waals surface area contributed by atoms with Gasteiger partial charge in [0.1, 0.15) is 17.3 Å². The molecule has 0 unspecified atom stereocenters. The Labute approximate surface area is 171 Å². The molecule has 2 saturated heterocycles. The Kier molecular flexibility index (Phi) is 5.25. The highest BCUT2D eigenvalue weighted by atomic mass is 16.5. The van der Waals surface area contributed by atoms with Crippen LogP contribution >= 0.6 is 0 Å². The number of piperidine rings is 1. The van der Waals surface area contributed by atoms with Crippen LogP contribution in [0.25, 0.3) is 0 Å². The minimum atomic E-state index is 0.00372. The quantitative estimate of drug-likeness (QED) is 0.769. The Bertz CT molecular complexity index is 890. The topological polar surface area (TPSA) is 68.0 Å². The first-order valence-corrected chi connectivity index (χ1v) is 10.2. The van der Waals surface area contributed by atoms with Crippen molar-refractivity contribution in [2.24, 2.45) is 0 Å². The average molecular weight is 399 g/mol. The van der Waals surface area contributed by atoms with Crippen LogP contribution in [0.2, 0.25) is 0 Å². The zero-order valence-electron chi connectivity index (χ0n) is 17.7. The van der Waals surface area contributed by atoms with Crippen LogP contribution < -0.4 is 9.47 Å². The molecule has 7 nitrogen and oxygen atoms in total. The van der Waals surface area contributed by atoms with E-state index in [0.29, 0.717) is 17.1 Å². The lowest BCUT2D eigenvalue weighted by atomic mass is 9.77. The van der Waals surface area contributed by atoms with E-state index in [0.717, 1.165) is 56.9 Å². The maximum atomic E-state index is 13.4. The number of carbonyl (C=O) groups excluding carboxylic acids is 1. The summed E-state index contributed by atoms with van der Waals surface area (Å²) in [6, 6.07) is 5.37. The normalized spacial score (nSPS) is 21.9. The molecule has 1 aromatic heterocycles. The Morgan fingerprint density at radius 3 is 2.66 bits per heavy atom. The van der Waals surface area contributed by atoms with Gasteiger partial charge in [0.05, 0.1) is 25.5 Å². The van der Waals surface area contributed by atoms with E-state index in [4.69, 9.17) is 14.0 Å². The maximum absolute atomic E-state index is 13.4. The van der Waals surface area contributed by atoms with Crippen molar-refractivity contribution in [1.29, 1.82) is 0 Å². The number of likely N-dealkylation sites (tertiary alicyclic amines) is 2. The van der Waals surface area contributed by atoms with Crippen LogP contribution in [0.3, 0.4) is 0 Å². The number of amides is 1. The summed E-state index contributed by atoms with van der Waals surface area (Å²) in [6.45, 7) is 7.31. The van der Waals surface area contributed by atoms with E-state index in [9.17, 15) is 4.79 Å². The van der Waals surface area contributed by atoms with Gasteiger partial charge in [-0.2, -0.15) is 0 Å². The number of benzene rings is 1. The molecule has 4 rings (SSSR count). The van der Waals surface area contributed by atoms with Crippen molar-refractivity contribution < 1.29 is 18.8 Å². The van der Waals surface area contributed by atoms with Crippen molar-refractivity contribution in [3.8, 4) is 11.5 Å². The molecule has 156 valence electrons.